The number of hydrogen-bond donors (Lipinski definition) is 3. The predicted octanol–water partition coefficient (Wildman–Crippen LogP) is 0.367. The lowest BCUT2D eigenvalue weighted by Crippen LogP contribution is -2.31. The average molecular weight is 334 g/mol. The summed E-state index contributed by atoms with van der Waals surface area (Å²) in [6.45, 7) is 1.55. The van der Waals surface area contributed by atoms with Gasteiger partial charge in [-0.25, -0.2) is 9.59 Å². The number of rotatable bonds is 6. The molecule has 1 aromatic carbocycles. The summed E-state index contributed by atoms with van der Waals surface area (Å²) in [5.74, 6) is -2.34. The normalized spacial score (nSPS) is 14.1. The van der Waals surface area contributed by atoms with Crippen LogP contribution in [0, 0.1) is 6.92 Å². The second kappa shape index (κ2) is 7.14. The van der Waals surface area contributed by atoms with E-state index in [4.69, 9.17) is 5.11 Å². The molecule has 0 aromatic heterocycles. The van der Waals surface area contributed by atoms with Crippen LogP contribution >= 0.6 is 0 Å². The number of aliphatic hydroxyl groups excluding tert-OH is 1. The largest absolute Gasteiger partial charge is 0.478 e. The Morgan fingerprint density at radius 3 is 2.67 bits per heavy atom. The number of hydrogen-bond acceptors (Lipinski definition) is 6. The molecular weight excluding hydrogens is 316 g/mol. The van der Waals surface area contributed by atoms with Crippen LogP contribution < -0.4 is 5.32 Å². The number of aryl methyl sites for hydroxylation is 1. The monoisotopic (exact) mass is 334 g/mol. The van der Waals surface area contributed by atoms with Crippen molar-refractivity contribution >= 4 is 23.5 Å². The molecule has 0 bridgehead atoms. The van der Waals surface area contributed by atoms with Crippen LogP contribution in [0.25, 0.3) is 0 Å². The molecule has 1 heterocycles. The van der Waals surface area contributed by atoms with Gasteiger partial charge in [-0.05, 0) is 19.1 Å². The van der Waals surface area contributed by atoms with Crippen molar-refractivity contribution in [2.45, 2.75) is 6.92 Å². The number of carboxylic acids is 1. The summed E-state index contributed by atoms with van der Waals surface area (Å²) in [7, 11) is 1.20. The van der Waals surface area contributed by atoms with E-state index >= 15 is 0 Å². The Morgan fingerprint density at radius 1 is 1.38 bits per heavy atom. The molecule has 8 heteroatoms. The van der Waals surface area contributed by atoms with Crippen LogP contribution in [-0.2, 0) is 14.3 Å². The molecule has 2 rings (SSSR count). The van der Waals surface area contributed by atoms with Crippen molar-refractivity contribution in [2.24, 2.45) is 0 Å². The third-order valence-corrected chi connectivity index (χ3v) is 3.62. The van der Waals surface area contributed by atoms with Crippen molar-refractivity contribution in [3.8, 4) is 0 Å². The number of methoxy groups -OCH3 is 1. The van der Waals surface area contributed by atoms with Gasteiger partial charge in [0.2, 0.25) is 0 Å². The zero-order chi connectivity index (χ0) is 17.9. The third-order valence-electron chi connectivity index (χ3n) is 3.62. The van der Waals surface area contributed by atoms with Gasteiger partial charge in [0, 0.05) is 6.54 Å². The number of carbonyl (C=O) groups is 3. The minimum absolute atomic E-state index is 0.0112. The number of nitrogens with one attached hydrogen (secondary N) is 1. The van der Waals surface area contributed by atoms with Crippen LogP contribution in [0.15, 0.2) is 29.5 Å². The Hall–Kier alpha value is -2.87. The molecule has 1 aliphatic heterocycles. The fourth-order valence-corrected chi connectivity index (χ4v) is 2.43. The first kappa shape index (κ1) is 17.5. The highest BCUT2D eigenvalue weighted by Crippen LogP contribution is 2.25. The molecule has 3 N–H and O–H groups in total. The number of nitrogens with zero attached hydrogens (tertiary/aromatic N) is 1. The number of anilines is 1. The van der Waals surface area contributed by atoms with Gasteiger partial charge in [-0.2, -0.15) is 0 Å². The van der Waals surface area contributed by atoms with E-state index in [1.54, 1.807) is 13.0 Å². The van der Waals surface area contributed by atoms with Gasteiger partial charge in [0.1, 0.15) is 5.70 Å². The van der Waals surface area contributed by atoms with Crippen LogP contribution in [0.5, 0.6) is 0 Å². The zero-order valence-corrected chi connectivity index (χ0v) is 13.3. The molecule has 1 aromatic rings. The second-order valence-electron chi connectivity index (χ2n) is 5.27. The van der Waals surface area contributed by atoms with Crippen LogP contribution in [0.1, 0.15) is 15.9 Å². The molecule has 0 atom stereocenters. The van der Waals surface area contributed by atoms with Crippen molar-refractivity contribution < 1.29 is 29.3 Å². The van der Waals surface area contributed by atoms with E-state index in [-0.39, 0.29) is 42.2 Å². The van der Waals surface area contributed by atoms with E-state index in [0.717, 1.165) is 5.56 Å². The van der Waals surface area contributed by atoms with Gasteiger partial charge in [-0.1, -0.05) is 11.6 Å². The number of β-amino-alcohol motifs (C(OH)–C–C–N with tert-alkyl or cyclic N) is 1. The third kappa shape index (κ3) is 3.38. The summed E-state index contributed by atoms with van der Waals surface area (Å²) in [5, 5.41) is 21.1. The lowest BCUT2D eigenvalue weighted by molar-refractivity contribution is -0.136. The van der Waals surface area contributed by atoms with E-state index in [9.17, 15) is 19.5 Å². The van der Waals surface area contributed by atoms with Gasteiger partial charge in [0.25, 0.3) is 5.91 Å². The maximum absolute atomic E-state index is 12.4. The Balaban J connectivity index is 2.43. The lowest BCUT2D eigenvalue weighted by Gasteiger charge is -2.15. The van der Waals surface area contributed by atoms with Crippen molar-refractivity contribution in [3.63, 3.8) is 0 Å². The number of amides is 1. The molecule has 0 saturated heterocycles. The summed E-state index contributed by atoms with van der Waals surface area (Å²) in [4.78, 5) is 37.0. The second-order valence-corrected chi connectivity index (χ2v) is 5.27. The Labute approximate surface area is 138 Å². The fraction of sp³-hybridized carbons (Fsp3) is 0.312. The van der Waals surface area contributed by atoms with Gasteiger partial charge in [-0.15, -0.1) is 0 Å². The highest BCUT2D eigenvalue weighted by atomic mass is 16.5. The van der Waals surface area contributed by atoms with Crippen molar-refractivity contribution in [1.29, 1.82) is 0 Å². The highest BCUT2D eigenvalue weighted by Gasteiger charge is 2.34. The molecule has 8 nitrogen and oxygen atoms in total. The first-order valence-corrected chi connectivity index (χ1v) is 7.21. The lowest BCUT2D eigenvalue weighted by atomic mass is 10.1. The Bertz CT molecular complexity index is 725. The van der Waals surface area contributed by atoms with Gasteiger partial charge in [0.15, 0.2) is 0 Å². The minimum atomic E-state index is -1.15. The van der Waals surface area contributed by atoms with E-state index in [1.807, 2.05) is 0 Å². The van der Waals surface area contributed by atoms with E-state index in [2.05, 4.69) is 10.1 Å². The number of carbonyl (C=O) groups excluding carboxylic acids is 2. The summed E-state index contributed by atoms with van der Waals surface area (Å²) in [5.41, 5.74) is 0.984. The standard InChI is InChI=1S/C16H18N2O6/c1-9-3-4-12(10(7-9)15(21)22)17-13-11(16(23)24-2)8-18(5-6-19)14(13)20/h3-4,7,17,19H,5-6,8H2,1-2H3,(H,21,22). The van der Waals surface area contributed by atoms with Crippen molar-refractivity contribution in [3.05, 3.63) is 40.6 Å². The first-order chi connectivity index (χ1) is 11.4. The number of carboxylic acid groups (broad SMARTS) is 1. The molecule has 0 fully saturated rings. The Morgan fingerprint density at radius 2 is 2.08 bits per heavy atom. The van der Waals surface area contributed by atoms with Gasteiger partial charge in [-0.3, -0.25) is 4.79 Å². The van der Waals surface area contributed by atoms with Crippen molar-refractivity contribution in [2.75, 3.05) is 32.1 Å². The van der Waals surface area contributed by atoms with Crippen molar-refractivity contribution in [1.82, 2.24) is 4.90 Å². The van der Waals surface area contributed by atoms with Crippen LogP contribution in [0.3, 0.4) is 0 Å². The van der Waals surface area contributed by atoms with Crippen LogP contribution in [0.4, 0.5) is 5.69 Å². The minimum Gasteiger partial charge on any atom is -0.478 e. The molecule has 128 valence electrons. The number of aromatic carboxylic acids is 1. The first-order valence-electron chi connectivity index (χ1n) is 7.21. The van der Waals surface area contributed by atoms with E-state index in [1.165, 1.54) is 24.1 Å². The maximum Gasteiger partial charge on any atom is 0.337 e. The van der Waals surface area contributed by atoms with E-state index in [0.29, 0.717) is 0 Å². The smallest absolute Gasteiger partial charge is 0.337 e. The number of ether oxygens (including phenoxy) is 1. The zero-order valence-electron chi connectivity index (χ0n) is 13.3. The van der Waals surface area contributed by atoms with Crippen LogP contribution in [-0.4, -0.2) is 59.8 Å². The topological polar surface area (TPSA) is 116 Å². The molecule has 0 spiro atoms. The molecule has 1 aliphatic rings. The molecule has 24 heavy (non-hydrogen) atoms. The van der Waals surface area contributed by atoms with Gasteiger partial charge in [0.05, 0.1) is 37.1 Å². The quantitative estimate of drug-likeness (QED) is 0.643. The highest BCUT2D eigenvalue weighted by molar-refractivity contribution is 6.09. The van der Waals surface area contributed by atoms with Crippen LogP contribution in [0.2, 0.25) is 0 Å². The summed E-state index contributed by atoms with van der Waals surface area (Å²) in [6.07, 6.45) is 0. The fourth-order valence-electron chi connectivity index (χ4n) is 2.43. The molecule has 0 aliphatic carbocycles. The summed E-state index contributed by atoms with van der Waals surface area (Å²) in [6, 6.07) is 4.69. The predicted molar refractivity (Wildman–Crippen MR) is 84.5 cm³/mol. The van der Waals surface area contributed by atoms with Gasteiger partial charge >= 0.3 is 11.9 Å². The average Bonchev–Trinajstić information content (AvgIpc) is 2.85. The SMILES string of the molecule is COC(=O)C1=C(Nc2ccc(C)cc2C(=O)O)C(=O)N(CCO)C1. The molecule has 0 unspecified atom stereocenters. The maximum atomic E-state index is 12.4. The number of esters is 1. The van der Waals surface area contributed by atoms with Gasteiger partial charge < -0.3 is 25.2 Å². The molecule has 0 saturated carbocycles. The van der Waals surface area contributed by atoms with E-state index < -0.39 is 17.8 Å². The summed E-state index contributed by atoms with van der Waals surface area (Å²) < 4.78 is 4.68. The molecule has 0 radical (unpaired) electrons. The molecule has 1 amide bonds. The summed E-state index contributed by atoms with van der Waals surface area (Å²) >= 11 is 0. The number of benzene rings is 1. The molecular formula is C16H18N2O6. The number of aliphatic hydroxyl groups is 1. The Kier molecular flexibility index (Phi) is 5.20.